The third-order valence-electron chi connectivity index (χ3n) is 2.97. The molecule has 0 aromatic heterocycles. The van der Waals surface area contributed by atoms with Crippen LogP contribution in [0.25, 0.3) is 0 Å². The van der Waals surface area contributed by atoms with Crippen LogP contribution in [-0.2, 0) is 11.2 Å². The summed E-state index contributed by atoms with van der Waals surface area (Å²) in [5, 5.41) is 22.2. The van der Waals surface area contributed by atoms with Crippen molar-refractivity contribution in [3.63, 3.8) is 0 Å². The Kier molecular flexibility index (Phi) is 6.43. The van der Waals surface area contributed by atoms with Gasteiger partial charge >= 0.3 is 6.09 Å². The normalized spacial score (nSPS) is 14.0. The van der Waals surface area contributed by atoms with Crippen LogP contribution in [0, 0.1) is 0 Å². The number of alkyl carbamates (subject to hydrolysis) is 1. The van der Waals surface area contributed by atoms with Crippen molar-refractivity contribution in [3.05, 3.63) is 42.5 Å². The van der Waals surface area contributed by atoms with Crippen molar-refractivity contribution in [2.24, 2.45) is 0 Å². The highest BCUT2D eigenvalue weighted by Gasteiger charge is 2.24. The van der Waals surface area contributed by atoms with E-state index < -0.39 is 23.8 Å². The number of aliphatic hydroxyl groups excluding tert-OH is 1. The van der Waals surface area contributed by atoms with E-state index >= 15 is 0 Å². The molecule has 0 heterocycles. The molecule has 5 nitrogen and oxygen atoms in total. The molecule has 1 unspecified atom stereocenters. The number of aromatic hydroxyl groups is 1. The summed E-state index contributed by atoms with van der Waals surface area (Å²) in [6.07, 6.45) is 1.05. The first kappa shape index (κ1) is 18.0. The molecule has 0 saturated heterocycles. The predicted octanol–water partition coefficient (Wildman–Crippen LogP) is 2.77. The van der Waals surface area contributed by atoms with Gasteiger partial charge in [-0.1, -0.05) is 18.2 Å². The van der Waals surface area contributed by atoms with E-state index in [9.17, 15) is 15.0 Å². The highest BCUT2D eigenvalue weighted by molar-refractivity contribution is 5.68. The highest BCUT2D eigenvalue weighted by atomic mass is 16.6. The Bertz CT molecular complexity index is 490. The number of ether oxygens (including phenoxy) is 1. The maximum absolute atomic E-state index is 11.9. The van der Waals surface area contributed by atoms with Crippen molar-refractivity contribution in [3.8, 4) is 5.75 Å². The van der Waals surface area contributed by atoms with Gasteiger partial charge in [-0.05, 0) is 51.3 Å². The minimum absolute atomic E-state index is 0.173. The Morgan fingerprint density at radius 2 is 1.95 bits per heavy atom. The summed E-state index contributed by atoms with van der Waals surface area (Å²) >= 11 is 0. The second-order valence-electron chi connectivity index (χ2n) is 6.22. The van der Waals surface area contributed by atoms with Crippen molar-refractivity contribution in [1.29, 1.82) is 0 Å². The number of amides is 1. The lowest BCUT2D eigenvalue weighted by Crippen LogP contribution is -2.46. The molecule has 0 radical (unpaired) electrons. The minimum atomic E-state index is -0.765. The van der Waals surface area contributed by atoms with E-state index in [0.717, 1.165) is 5.56 Å². The SMILES string of the molecule is C=CCC(O)[C@H](Cc1ccc(O)cc1)NC(=O)OC(C)(C)C. The van der Waals surface area contributed by atoms with Crippen LogP contribution in [0.4, 0.5) is 4.79 Å². The molecule has 0 aliphatic heterocycles. The van der Waals surface area contributed by atoms with Crippen molar-refractivity contribution in [2.75, 3.05) is 0 Å². The topological polar surface area (TPSA) is 78.8 Å². The third kappa shape index (κ3) is 6.63. The Labute approximate surface area is 131 Å². The zero-order valence-electron chi connectivity index (χ0n) is 13.4. The van der Waals surface area contributed by atoms with Crippen molar-refractivity contribution < 1.29 is 19.7 Å². The van der Waals surface area contributed by atoms with E-state index in [4.69, 9.17) is 4.74 Å². The first-order valence-corrected chi connectivity index (χ1v) is 7.27. The summed E-state index contributed by atoms with van der Waals surface area (Å²) in [5.74, 6) is 0.173. The molecule has 1 aromatic carbocycles. The Hall–Kier alpha value is -2.01. The molecular formula is C17H25NO4. The second kappa shape index (κ2) is 7.84. The van der Waals surface area contributed by atoms with Gasteiger partial charge in [0.25, 0.3) is 0 Å². The molecule has 1 amide bonds. The number of benzene rings is 1. The number of hydrogen-bond acceptors (Lipinski definition) is 4. The fourth-order valence-corrected chi connectivity index (χ4v) is 1.96. The van der Waals surface area contributed by atoms with Crippen LogP contribution in [0.1, 0.15) is 32.8 Å². The van der Waals surface area contributed by atoms with Gasteiger partial charge in [0, 0.05) is 0 Å². The standard InChI is InChI=1S/C17H25NO4/c1-5-6-15(20)14(18-16(21)22-17(2,3)4)11-12-7-9-13(19)10-8-12/h5,7-10,14-15,19-20H,1,6,11H2,2-4H3,(H,18,21)/t14-,15?/m0/s1. The summed E-state index contributed by atoms with van der Waals surface area (Å²) in [7, 11) is 0. The average molecular weight is 307 g/mol. The molecule has 1 aromatic rings. The Balaban J connectivity index is 2.77. The van der Waals surface area contributed by atoms with Crippen LogP contribution >= 0.6 is 0 Å². The van der Waals surface area contributed by atoms with Gasteiger partial charge in [0.1, 0.15) is 11.4 Å². The number of nitrogens with one attached hydrogen (secondary N) is 1. The third-order valence-corrected chi connectivity index (χ3v) is 2.97. The van der Waals surface area contributed by atoms with Crippen LogP contribution in [-0.4, -0.2) is 34.1 Å². The van der Waals surface area contributed by atoms with Crippen LogP contribution in [0.5, 0.6) is 5.75 Å². The Morgan fingerprint density at radius 1 is 1.36 bits per heavy atom. The number of phenols is 1. The van der Waals surface area contributed by atoms with E-state index in [0.29, 0.717) is 12.8 Å². The largest absolute Gasteiger partial charge is 0.508 e. The second-order valence-corrected chi connectivity index (χ2v) is 6.22. The van der Waals surface area contributed by atoms with E-state index in [1.165, 1.54) is 0 Å². The van der Waals surface area contributed by atoms with E-state index in [2.05, 4.69) is 11.9 Å². The number of rotatable bonds is 6. The molecule has 3 N–H and O–H groups in total. The number of carbonyl (C=O) groups excluding carboxylic acids is 1. The van der Waals surface area contributed by atoms with Gasteiger partial charge in [-0.15, -0.1) is 6.58 Å². The van der Waals surface area contributed by atoms with E-state index in [1.807, 2.05) is 0 Å². The molecule has 122 valence electrons. The zero-order valence-corrected chi connectivity index (χ0v) is 13.4. The van der Waals surface area contributed by atoms with Gasteiger partial charge in [-0.2, -0.15) is 0 Å². The van der Waals surface area contributed by atoms with Crippen molar-refractivity contribution in [2.45, 2.75) is 51.4 Å². The summed E-state index contributed by atoms with van der Waals surface area (Å²) < 4.78 is 5.23. The maximum atomic E-state index is 11.9. The highest BCUT2D eigenvalue weighted by Crippen LogP contribution is 2.14. The molecule has 0 bridgehead atoms. The molecule has 0 fully saturated rings. The quantitative estimate of drug-likeness (QED) is 0.706. The molecule has 0 aliphatic carbocycles. The van der Waals surface area contributed by atoms with E-state index in [-0.39, 0.29) is 5.75 Å². The van der Waals surface area contributed by atoms with Gasteiger partial charge in [0.15, 0.2) is 0 Å². The molecule has 5 heteroatoms. The molecule has 2 atom stereocenters. The molecular weight excluding hydrogens is 282 g/mol. The molecule has 0 aliphatic rings. The fraction of sp³-hybridized carbons (Fsp3) is 0.471. The van der Waals surface area contributed by atoms with Crippen LogP contribution in [0.2, 0.25) is 0 Å². The number of carbonyl (C=O) groups is 1. The summed E-state index contributed by atoms with van der Waals surface area (Å²) in [6.45, 7) is 8.94. The van der Waals surface area contributed by atoms with Gasteiger partial charge in [-0.3, -0.25) is 0 Å². The van der Waals surface area contributed by atoms with Crippen LogP contribution in [0.15, 0.2) is 36.9 Å². The Morgan fingerprint density at radius 3 is 2.45 bits per heavy atom. The number of aliphatic hydroxyl groups is 1. The minimum Gasteiger partial charge on any atom is -0.508 e. The molecule has 0 saturated carbocycles. The van der Waals surface area contributed by atoms with Gasteiger partial charge in [-0.25, -0.2) is 4.79 Å². The average Bonchev–Trinajstić information content (AvgIpc) is 2.38. The summed E-state index contributed by atoms with van der Waals surface area (Å²) in [6, 6.07) is 6.14. The van der Waals surface area contributed by atoms with Crippen molar-refractivity contribution in [1.82, 2.24) is 5.32 Å². The molecule has 22 heavy (non-hydrogen) atoms. The zero-order chi connectivity index (χ0) is 16.8. The summed E-state index contributed by atoms with van der Waals surface area (Å²) in [5.41, 5.74) is 0.290. The van der Waals surface area contributed by atoms with Crippen LogP contribution in [0.3, 0.4) is 0 Å². The smallest absolute Gasteiger partial charge is 0.407 e. The lowest BCUT2D eigenvalue weighted by molar-refractivity contribution is 0.0425. The molecule has 1 rings (SSSR count). The van der Waals surface area contributed by atoms with Gasteiger partial charge in [0.2, 0.25) is 0 Å². The lowest BCUT2D eigenvalue weighted by Gasteiger charge is -2.26. The predicted molar refractivity (Wildman–Crippen MR) is 85.8 cm³/mol. The first-order chi connectivity index (χ1) is 10.2. The van der Waals surface area contributed by atoms with Crippen LogP contribution < -0.4 is 5.32 Å². The lowest BCUT2D eigenvalue weighted by atomic mass is 9.99. The molecule has 0 spiro atoms. The first-order valence-electron chi connectivity index (χ1n) is 7.27. The van der Waals surface area contributed by atoms with Gasteiger partial charge in [0.05, 0.1) is 12.1 Å². The van der Waals surface area contributed by atoms with E-state index in [1.54, 1.807) is 51.1 Å². The maximum Gasteiger partial charge on any atom is 0.407 e. The number of phenolic OH excluding ortho intramolecular Hbond substituents is 1. The summed E-state index contributed by atoms with van der Waals surface area (Å²) in [4.78, 5) is 11.9. The fourth-order valence-electron chi connectivity index (χ4n) is 1.96. The monoisotopic (exact) mass is 307 g/mol. The number of hydrogen-bond donors (Lipinski definition) is 3. The van der Waals surface area contributed by atoms with Crippen molar-refractivity contribution >= 4 is 6.09 Å². The van der Waals surface area contributed by atoms with Gasteiger partial charge < -0.3 is 20.3 Å².